The lowest BCUT2D eigenvalue weighted by Gasteiger charge is -2.23. The van der Waals surface area contributed by atoms with E-state index in [4.69, 9.17) is 14.2 Å². The molecule has 0 unspecified atom stereocenters. The van der Waals surface area contributed by atoms with Gasteiger partial charge in [-0.05, 0) is 43.2 Å². The zero-order chi connectivity index (χ0) is 24.5. The van der Waals surface area contributed by atoms with Crippen LogP contribution < -0.4 is 23.7 Å². The molecular formula is C27H35N2O4S+. The van der Waals surface area contributed by atoms with Crippen LogP contribution >= 0.6 is 11.3 Å². The van der Waals surface area contributed by atoms with Gasteiger partial charge in [0.15, 0.2) is 24.2 Å². The number of nitrogens with zero attached hydrogens (tertiary/aromatic N) is 2. The SMILES string of the molecule is CCCCCOc1c(OC)cc(CN(C(C)=O)c2cccc(C[n+]3csc(C)c3)c2)cc1OC. The van der Waals surface area contributed by atoms with Crippen LogP contribution in [0.15, 0.2) is 48.1 Å². The van der Waals surface area contributed by atoms with E-state index in [2.05, 4.69) is 42.3 Å². The quantitative estimate of drug-likeness (QED) is 0.251. The Balaban J connectivity index is 1.84. The average Bonchev–Trinajstić information content (AvgIpc) is 3.24. The van der Waals surface area contributed by atoms with Gasteiger partial charge in [-0.1, -0.05) is 43.2 Å². The number of aromatic nitrogens is 1. The molecule has 182 valence electrons. The van der Waals surface area contributed by atoms with E-state index in [0.717, 1.165) is 42.6 Å². The van der Waals surface area contributed by atoms with Gasteiger partial charge in [-0.25, -0.2) is 0 Å². The predicted octanol–water partition coefficient (Wildman–Crippen LogP) is 5.53. The minimum absolute atomic E-state index is 0.0333. The maximum Gasteiger partial charge on any atom is 0.225 e. The lowest BCUT2D eigenvalue weighted by molar-refractivity contribution is -0.683. The molecule has 7 heteroatoms. The normalized spacial score (nSPS) is 10.7. The summed E-state index contributed by atoms with van der Waals surface area (Å²) in [5.74, 6) is 1.78. The van der Waals surface area contributed by atoms with Crippen molar-refractivity contribution in [3.05, 3.63) is 64.1 Å². The topological polar surface area (TPSA) is 51.9 Å². The highest BCUT2D eigenvalue weighted by Crippen LogP contribution is 2.39. The van der Waals surface area contributed by atoms with E-state index in [1.807, 2.05) is 24.3 Å². The molecule has 1 heterocycles. The van der Waals surface area contributed by atoms with Crippen LogP contribution in [0, 0.1) is 6.92 Å². The van der Waals surface area contributed by atoms with E-state index in [9.17, 15) is 4.79 Å². The fourth-order valence-electron chi connectivity index (χ4n) is 3.82. The molecule has 0 saturated carbocycles. The van der Waals surface area contributed by atoms with Gasteiger partial charge < -0.3 is 19.1 Å². The second-order valence-corrected chi connectivity index (χ2v) is 9.39. The number of amides is 1. The van der Waals surface area contributed by atoms with Gasteiger partial charge in [0, 0.05) is 18.2 Å². The van der Waals surface area contributed by atoms with Crippen molar-refractivity contribution >= 4 is 22.9 Å². The number of thiazole rings is 1. The highest BCUT2D eigenvalue weighted by atomic mass is 32.1. The summed E-state index contributed by atoms with van der Waals surface area (Å²) in [5, 5.41) is 0. The fourth-order valence-corrected chi connectivity index (χ4v) is 4.46. The molecule has 0 fully saturated rings. The Hall–Kier alpha value is -3.06. The molecule has 0 aliphatic carbocycles. The summed E-state index contributed by atoms with van der Waals surface area (Å²) in [7, 11) is 3.24. The van der Waals surface area contributed by atoms with Gasteiger partial charge in [-0.15, -0.1) is 0 Å². The molecule has 0 radical (unpaired) electrons. The molecule has 0 spiro atoms. The van der Waals surface area contributed by atoms with Crippen LogP contribution in [0.5, 0.6) is 17.2 Å². The zero-order valence-electron chi connectivity index (χ0n) is 20.8. The number of ether oxygens (including phenoxy) is 3. The van der Waals surface area contributed by atoms with Crippen LogP contribution in [0.25, 0.3) is 0 Å². The molecule has 34 heavy (non-hydrogen) atoms. The second-order valence-electron chi connectivity index (χ2n) is 8.30. The molecule has 0 N–H and O–H groups in total. The standard InChI is InChI=1S/C27H35N2O4S/c1-6-7-8-12-33-27-25(31-4)14-23(15-26(27)32-5)18-29(21(3)30)24-11-9-10-22(13-24)17-28-16-20(2)34-19-28/h9-11,13-16,19H,6-8,12,17-18H2,1-5H3/q+1. The number of benzene rings is 2. The third-order valence-electron chi connectivity index (χ3n) is 5.54. The van der Waals surface area contributed by atoms with Crippen molar-refractivity contribution in [2.75, 3.05) is 25.7 Å². The van der Waals surface area contributed by atoms with Gasteiger partial charge in [0.05, 0.1) is 32.2 Å². The summed E-state index contributed by atoms with van der Waals surface area (Å²) in [6.07, 6.45) is 5.34. The van der Waals surface area contributed by atoms with E-state index in [0.29, 0.717) is 30.4 Å². The number of carbonyl (C=O) groups excluding carboxylic acids is 1. The van der Waals surface area contributed by atoms with Crippen LogP contribution in [0.2, 0.25) is 0 Å². The number of hydrogen-bond acceptors (Lipinski definition) is 5. The Morgan fingerprint density at radius 1 is 1.06 bits per heavy atom. The van der Waals surface area contributed by atoms with E-state index in [1.165, 1.54) is 4.88 Å². The largest absolute Gasteiger partial charge is 0.493 e. The van der Waals surface area contributed by atoms with Crippen LogP contribution in [0.1, 0.15) is 49.1 Å². The minimum Gasteiger partial charge on any atom is -0.493 e. The molecule has 0 bridgehead atoms. The van der Waals surface area contributed by atoms with Crippen molar-refractivity contribution in [1.29, 1.82) is 0 Å². The van der Waals surface area contributed by atoms with Crippen molar-refractivity contribution in [3.8, 4) is 17.2 Å². The Labute approximate surface area is 206 Å². The molecular weight excluding hydrogens is 448 g/mol. The maximum absolute atomic E-state index is 12.6. The zero-order valence-corrected chi connectivity index (χ0v) is 21.6. The van der Waals surface area contributed by atoms with Gasteiger partial charge in [-0.3, -0.25) is 4.79 Å². The molecule has 3 aromatic rings. The molecule has 1 aromatic heterocycles. The summed E-state index contributed by atoms with van der Waals surface area (Å²) >= 11 is 1.72. The van der Waals surface area contributed by atoms with Gasteiger partial charge >= 0.3 is 0 Å². The average molecular weight is 484 g/mol. The van der Waals surface area contributed by atoms with Crippen molar-refractivity contribution in [1.82, 2.24) is 0 Å². The predicted molar refractivity (Wildman–Crippen MR) is 136 cm³/mol. The number of hydrogen-bond donors (Lipinski definition) is 0. The van der Waals surface area contributed by atoms with Crippen LogP contribution in [-0.2, 0) is 17.9 Å². The Morgan fingerprint density at radius 2 is 1.79 bits per heavy atom. The molecule has 0 saturated heterocycles. The Kier molecular flexibility index (Phi) is 9.33. The summed E-state index contributed by atoms with van der Waals surface area (Å²) in [6.45, 7) is 7.60. The molecule has 2 aromatic carbocycles. The number of aryl methyl sites for hydroxylation is 1. The van der Waals surface area contributed by atoms with Crippen LogP contribution in [0.4, 0.5) is 5.69 Å². The van der Waals surface area contributed by atoms with Crippen LogP contribution in [0.3, 0.4) is 0 Å². The van der Waals surface area contributed by atoms with Crippen molar-refractivity contribution in [2.45, 2.75) is 53.1 Å². The van der Waals surface area contributed by atoms with Crippen molar-refractivity contribution in [3.63, 3.8) is 0 Å². The second kappa shape index (κ2) is 12.4. The maximum atomic E-state index is 12.6. The molecule has 0 atom stereocenters. The first kappa shape index (κ1) is 25.6. The molecule has 0 aliphatic heterocycles. The molecule has 0 aliphatic rings. The van der Waals surface area contributed by atoms with E-state index in [-0.39, 0.29) is 5.91 Å². The fraction of sp³-hybridized carbons (Fsp3) is 0.407. The Bertz CT molecular complexity index is 1070. The van der Waals surface area contributed by atoms with Crippen LogP contribution in [-0.4, -0.2) is 26.7 Å². The minimum atomic E-state index is -0.0333. The Morgan fingerprint density at radius 3 is 2.38 bits per heavy atom. The highest BCUT2D eigenvalue weighted by Gasteiger charge is 2.19. The van der Waals surface area contributed by atoms with E-state index < -0.39 is 0 Å². The third kappa shape index (κ3) is 6.73. The summed E-state index contributed by atoms with van der Waals surface area (Å²) in [4.78, 5) is 15.7. The van der Waals surface area contributed by atoms with Gasteiger partial charge in [0.25, 0.3) is 0 Å². The number of unbranched alkanes of at least 4 members (excludes halogenated alkanes) is 2. The van der Waals surface area contributed by atoms with Gasteiger partial charge in [-0.2, -0.15) is 4.57 Å². The van der Waals surface area contributed by atoms with Crippen molar-refractivity contribution < 1.29 is 23.6 Å². The van der Waals surface area contributed by atoms with E-state index in [1.54, 1.807) is 37.4 Å². The summed E-state index contributed by atoms with van der Waals surface area (Å²) in [6, 6.07) is 11.9. The number of methoxy groups -OCH3 is 2. The number of carbonyl (C=O) groups is 1. The van der Waals surface area contributed by atoms with Crippen molar-refractivity contribution in [2.24, 2.45) is 0 Å². The van der Waals surface area contributed by atoms with E-state index >= 15 is 0 Å². The number of anilines is 1. The summed E-state index contributed by atoms with van der Waals surface area (Å²) in [5.41, 5.74) is 5.00. The highest BCUT2D eigenvalue weighted by molar-refractivity contribution is 7.09. The number of rotatable bonds is 12. The summed E-state index contributed by atoms with van der Waals surface area (Å²) < 4.78 is 19.4. The third-order valence-corrected chi connectivity index (χ3v) is 6.40. The first-order valence-electron chi connectivity index (χ1n) is 11.6. The van der Waals surface area contributed by atoms with Gasteiger partial charge in [0.1, 0.15) is 0 Å². The monoisotopic (exact) mass is 483 g/mol. The first-order valence-corrected chi connectivity index (χ1v) is 12.5. The smallest absolute Gasteiger partial charge is 0.225 e. The van der Waals surface area contributed by atoms with Gasteiger partial charge in [0.2, 0.25) is 17.2 Å². The lowest BCUT2D eigenvalue weighted by Crippen LogP contribution is -2.31. The first-order chi connectivity index (χ1) is 16.4. The molecule has 6 nitrogen and oxygen atoms in total. The lowest BCUT2D eigenvalue weighted by atomic mass is 10.1. The molecule has 1 amide bonds. The molecule has 3 rings (SSSR count).